The Bertz CT molecular complexity index is 946. The number of amides is 1. The molecular weight excluding hydrogens is 386 g/mol. The van der Waals surface area contributed by atoms with E-state index in [9.17, 15) is 9.59 Å². The number of hydrogen-bond acceptors (Lipinski definition) is 6. The van der Waals surface area contributed by atoms with Crippen LogP contribution in [0.1, 0.15) is 16.8 Å². The smallest absolute Gasteiger partial charge is 0.311 e. The summed E-state index contributed by atoms with van der Waals surface area (Å²) in [6, 6.07) is 17.0. The number of hydrogen-bond donors (Lipinski definition) is 1. The fourth-order valence-corrected chi connectivity index (χ4v) is 3.08. The Morgan fingerprint density at radius 2 is 1.83 bits per heavy atom. The summed E-state index contributed by atoms with van der Waals surface area (Å²) in [4.78, 5) is 24.2. The maximum absolute atomic E-state index is 12.4. The van der Waals surface area contributed by atoms with Gasteiger partial charge in [-0.15, -0.1) is 0 Å². The van der Waals surface area contributed by atoms with Gasteiger partial charge in [0.15, 0.2) is 0 Å². The summed E-state index contributed by atoms with van der Waals surface area (Å²) in [5.41, 5.74) is 2.24. The van der Waals surface area contributed by atoms with Crippen molar-refractivity contribution in [3.8, 4) is 11.3 Å². The first kappa shape index (κ1) is 21.5. The number of carbonyl (C=O) groups excluding carboxylic acids is 2. The van der Waals surface area contributed by atoms with E-state index >= 15 is 0 Å². The standard InChI is InChI=1S/C23H25NO6/c1-27-15-29-14-19(23(26)28-2)11-12-24-22(25)17-9-7-16(8-10-17)21-13-18-5-3-4-6-20(18)30-21/h3-10,13,19H,11-12,14-15H2,1-2H3,(H,24,25)/t19-/m0/s1. The minimum atomic E-state index is -0.471. The van der Waals surface area contributed by atoms with Gasteiger partial charge in [-0.05, 0) is 30.7 Å². The molecule has 0 bridgehead atoms. The Morgan fingerprint density at radius 3 is 2.53 bits per heavy atom. The number of rotatable bonds is 10. The normalized spacial score (nSPS) is 11.9. The molecule has 1 amide bonds. The van der Waals surface area contributed by atoms with Gasteiger partial charge < -0.3 is 23.9 Å². The fourth-order valence-electron chi connectivity index (χ4n) is 3.08. The average molecular weight is 411 g/mol. The maximum Gasteiger partial charge on any atom is 0.311 e. The predicted molar refractivity (Wildman–Crippen MR) is 112 cm³/mol. The van der Waals surface area contributed by atoms with E-state index in [-0.39, 0.29) is 25.3 Å². The number of methoxy groups -OCH3 is 2. The van der Waals surface area contributed by atoms with E-state index in [4.69, 9.17) is 18.6 Å². The van der Waals surface area contributed by atoms with Gasteiger partial charge in [0, 0.05) is 30.2 Å². The van der Waals surface area contributed by atoms with Crippen LogP contribution in [-0.4, -0.2) is 46.0 Å². The highest BCUT2D eigenvalue weighted by molar-refractivity contribution is 5.94. The minimum absolute atomic E-state index is 0.0947. The van der Waals surface area contributed by atoms with E-state index < -0.39 is 5.92 Å². The summed E-state index contributed by atoms with van der Waals surface area (Å²) >= 11 is 0. The molecule has 3 rings (SSSR count). The molecule has 0 fully saturated rings. The molecule has 0 radical (unpaired) electrons. The molecule has 2 aromatic carbocycles. The number of furan rings is 1. The summed E-state index contributed by atoms with van der Waals surface area (Å²) in [7, 11) is 2.83. The van der Waals surface area contributed by atoms with E-state index in [1.807, 2.05) is 42.5 Å². The average Bonchev–Trinajstić information content (AvgIpc) is 3.22. The number of esters is 1. The van der Waals surface area contributed by atoms with Crippen LogP contribution in [0, 0.1) is 5.92 Å². The topological polar surface area (TPSA) is 87.0 Å². The van der Waals surface area contributed by atoms with Crippen LogP contribution in [0.3, 0.4) is 0 Å². The summed E-state index contributed by atoms with van der Waals surface area (Å²) < 4.78 is 20.7. The molecule has 7 nitrogen and oxygen atoms in total. The van der Waals surface area contributed by atoms with Gasteiger partial charge in [0.05, 0.1) is 19.6 Å². The van der Waals surface area contributed by atoms with Crippen molar-refractivity contribution in [2.75, 3.05) is 34.2 Å². The lowest BCUT2D eigenvalue weighted by Gasteiger charge is -2.15. The molecule has 1 aromatic heterocycles. The zero-order valence-electron chi connectivity index (χ0n) is 17.1. The lowest BCUT2D eigenvalue weighted by Crippen LogP contribution is -2.30. The minimum Gasteiger partial charge on any atom is -0.469 e. The molecular formula is C23H25NO6. The first-order valence-electron chi connectivity index (χ1n) is 9.64. The number of carbonyl (C=O) groups is 2. The molecule has 0 unspecified atom stereocenters. The van der Waals surface area contributed by atoms with Crippen molar-refractivity contribution >= 4 is 22.8 Å². The van der Waals surface area contributed by atoms with E-state index in [2.05, 4.69) is 5.32 Å². The van der Waals surface area contributed by atoms with E-state index in [0.29, 0.717) is 18.5 Å². The van der Waals surface area contributed by atoms with Gasteiger partial charge in [-0.25, -0.2) is 0 Å². The summed E-state index contributed by atoms with van der Waals surface area (Å²) in [5, 5.41) is 3.85. The SMILES string of the molecule is COCOC[C@H](CCNC(=O)c1ccc(-c2cc3ccccc3o2)cc1)C(=O)OC. The van der Waals surface area contributed by atoms with E-state index in [1.165, 1.54) is 14.2 Å². The highest BCUT2D eigenvalue weighted by atomic mass is 16.7. The van der Waals surface area contributed by atoms with Crippen LogP contribution in [0.5, 0.6) is 0 Å². The third kappa shape index (κ3) is 5.46. The van der Waals surface area contributed by atoms with Crippen molar-refractivity contribution in [3.63, 3.8) is 0 Å². The van der Waals surface area contributed by atoms with Gasteiger partial charge in [0.2, 0.25) is 0 Å². The first-order chi connectivity index (χ1) is 14.6. The molecule has 1 heterocycles. The number of benzene rings is 2. The highest BCUT2D eigenvalue weighted by Gasteiger charge is 2.19. The number of para-hydroxylation sites is 1. The Labute approximate surface area is 174 Å². The van der Waals surface area contributed by atoms with Crippen LogP contribution >= 0.6 is 0 Å². The molecule has 0 aliphatic carbocycles. The van der Waals surface area contributed by atoms with Crippen molar-refractivity contribution in [2.45, 2.75) is 6.42 Å². The molecule has 7 heteroatoms. The zero-order chi connectivity index (χ0) is 21.3. The fraction of sp³-hybridized carbons (Fsp3) is 0.304. The van der Waals surface area contributed by atoms with Gasteiger partial charge in [-0.1, -0.05) is 30.3 Å². The Balaban J connectivity index is 1.55. The largest absolute Gasteiger partial charge is 0.469 e. The van der Waals surface area contributed by atoms with Crippen molar-refractivity contribution in [1.82, 2.24) is 5.32 Å². The lowest BCUT2D eigenvalue weighted by atomic mass is 10.1. The number of ether oxygens (including phenoxy) is 3. The van der Waals surface area contributed by atoms with Crippen molar-refractivity contribution < 1.29 is 28.2 Å². The predicted octanol–water partition coefficient (Wildman–Crippen LogP) is 3.63. The Morgan fingerprint density at radius 1 is 1.07 bits per heavy atom. The Hall–Kier alpha value is -3.16. The second-order valence-corrected chi connectivity index (χ2v) is 6.77. The second-order valence-electron chi connectivity index (χ2n) is 6.77. The molecule has 1 N–H and O–H groups in total. The Kier molecular flexibility index (Phi) is 7.59. The van der Waals surface area contributed by atoms with Crippen LogP contribution < -0.4 is 5.32 Å². The summed E-state index contributed by atoms with van der Waals surface area (Å²) in [5.74, 6) is -0.316. The van der Waals surface area contributed by atoms with Gasteiger partial charge in [-0.2, -0.15) is 0 Å². The van der Waals surface area contributed by atoms with Crippen LogP contribution in [-0.2, 0) is 19.0 Å². The maximum atomic E-state index is 12.4. The van der Waals surface area contributed by atoms with Crippen LogP contribution in [0.4, 0.5) is 0 Å². The first-order valence-corrected chi connectivity index (χ1v) is 9.64. The third-order valence-corrected chi connectivity index (χ3v) is 4.69. The summed E-state index contributed by atoms with van der Waals surface area (Å²) in [6.45, 7) is 0.584. The molecule has 3 aromatic rings. The second kappa shape index (κ2) is 10.6. The van der Waals surface area contributed by atoms with Crippen LogP contribution in [0.15, 0.2) is 59.0 Å². The molecule has 0 spiro atoms. The molecule has 0 saturated heterocycles. The number of nitrogens with one attached hydrogen (secondary N) is 1. The number of fused-ring (bicyclic) bond motifs is 1. The van der Waals surface area contributed by atoms with Gasteiger partial charge in [0.25, 0.3) is 5.91 Å². The molecule has 1 atom stereocenters. The van der Waals surface area contributed by atoms with E-state index in [0.717, 1.165) is 22.3 Å². The van der Waals surface area contributed by atoms with Crippen LogP contribution in [0.25, 0.3) is 22.3 Å². The van der Waals surface area contributed by atoms with Gasteiger partial charge in [0.1, 0.15) is 18.1 Å². The monoisotopic (exact) mass is 411 g/mol. The van der Waals surface area contributed by atoms with Crippen molar-refractivity contribution in [2.24, 2.45) is 5.92 Å². The third-order valence-electron chi connectivity index (χ3n) is 4.69. The van der Waals surface area contributed by atoms with Crippen LogP contribution in [0.2, 0.25) is 0 Å². The van der Waals surface area contributed by atoms with E-state index in [1.54, 1.807) is 12.1 Å². The van der Waals surface area contributed by atoms with Gasteiger partial charge >= 0.3 is 5.97 Å². The lowest BCUT2D eigenvalue weighted by molar-refractivity contribution is -0.149. The summed E-state index contributed by atoms with van der Waals surface area (Å²) in [6.07, 6.45) is 0.402. The quantitative estimate of drug-likeness (QED) is 0.311. The molecule has 158 valence electrons. The van der Waals surface area contributed by atoms with Crippen molar-refractivity contribution in [3.05, 3.63) is 60.2 Å². The molecule has 30 heavy (non-hydrogen) atoms. The van der Waals surface area contributed by atoms with Crippen molar-refractivity contribution in [1.29, 1.82) is 0 Å². The molecule has 0 aliphatic heterocycles. The van der Waals surface area contributed by atoms with Gasteiger partial charge in [-0.3, -0.25) is 9.59 Å². The molecule has 0 saturated carbocycles. The molecule has 0 aliphatic rings. The zero-order valence-corrected chi connectivity index (χ0v) is 17.1. The highest BCUT2D eigenvalue weighted by Crippen LogP contribution is 2.27.